The molecule has 0 fully saturated rings. The Morgan fingerprint density at radius 1 is 1.31 bits per heavy atom. The molecule has 5 heteroatoms. The lowest BCUT2D eigenvalue weighted by Crippen LogP contribution is -2.14. The molecule has 0 amide bonds. The summed E-state index contributed by atoms with van der Waals surface area (Å²) in [6, 6.07) is 3.60. The van der Waals surface area contributed by atoms with Gasteiger partial charge in [-0.1, -0.05) is 17.7 Å². The van der Waals surface area contributed by atoms with Crippen LogP contribution in [-0.4, -0.2) is 9.97 Å². The summed E-state index contributed by atoms with van der Waals surface area (Å²) in [6.07, 6.45) is 4.67. The molecule has 16 heavy (non-hydrogen) atoms. The summed E-state index contributed by atoms with van der Waals surface area (Å²) < 4.78 is 12.9. The van der Waals surface area contributed by atoms with Crippen molar-refractivity contribution in [1.82, 2.24) is 9.97 Å². The van der Waals surface area contributed by atoms with Crippen LogP contribution in [0.2, 0.25) is 5.02 Å². The zero-order valence-corrected chi connectivity index (χ0v) is 9.03. The van der Waals surface area contributed by atoms with Gasteiger partial charge in [0, 0.05) is 17.4 Å². The van der Waals surface area contributed by atoms with Crippen molar-refractivity contribution in [2.75, 3.05) is 0 Å². The van der Waals surface area contributed by atoms with Crippen molar-refractivity contribution in [2.24, 2.45) is 5.73 Å². The molecule has 2 rings (SSSR count). The van der Waals surface area contributed by atoms with Crippen LogP contribution in [0.15, 0.2) is 36.8 Å². The first-order valence-corrected chi connectivity index (χ1v) is 5.02. The average molecular weight is 238 g/mol. The van der Waals surface area contributed by atoms with E-state index in [0.29, 0.717) is 11.3 Å². The Morgan fingerprint density at radius 2 is 2.12 bits per heavy atom. The Bertz CT molecular complexity index is 490. The van der Waals surface area contributed by atoms with Gasteiger partial charge < -0.3 is 5.73 Å². The average Bonchev–Trinajstić information content (AvgIpc) is 2.29. The topological polar surface area (TPSA) is 51.8 Å². The zero-order valence-electron chi connectivity index (χ0n) is 8.27. The van der Waals surface area contributed by atoms with E-state index < -0.39 is 6.04 Å². The first kappa shape index (κ1) is 11.0. The number of hydrogen-bond acceptors (Lipinski definition) is 3. The van der Waals surface area contributed by atoms with E-state index in [0.717, 1.165) is 0 Å². The van der Waals surface area contributed by atoms with E-state index in [1.165, 1.54) is 12.1 Å². The zero-order chi connectivity index (χ0) is 11.5. The molecule has 0 saturated carbocycles. The Morgan fingerprint density at radius 3 is 2.75 bits per heavy atom. The van der Waals surface area contributed by atoms with Crippen molar-refractivity contribution < 1.29 is 4.39 Å². The molecule has 0 aliphatic heterocycles. The lowest BCUT2D eigenvalue weighted by Gasteiger charge is -2.12. The van der Waals surface area contributed by atoms with Crippen LogP contribution in [0.25, 0.3) is 0 Å². The smallest absolute Gasteiger partial charge is 0.124 e. The molecular formula is C11H9ClFN3. The minimum Gasteiger partial charge on any atom is -0.319 e. The largest absolute Gasteiger partial charge is 0.319 e. The molecule has 0 aliphatic rings. The predicted octanol–water partition coefficient (Wildman–Crippen LogP) is 2.32. The van der Waals surface area contributed by atoms with Gasteiger partial charge in [-0.25, -0.2) is 4.39 Å². The minimum absolute atomic E-state index is 0.290. The fourth-order valence-corrected chi connectivity index (χ4v) is 1.67. The van der Waals surface area contributed by atoms with E-state index in [9.17, 15) is 4.39 Å². The highest BCUT2D eigenvalue weighted by Crippen LogP contribution is 2.25. The molecule has 82 valence electrons. The third-order valence-electron chi connectivity index (χ3n) is 2.20. The fourth-order valence-electron chi connectivity index (χ4n) is 1.38. The van der Waals surface area contributed by atoms with E-state index >= 15 is 0 Å². The number of nitrogens with zero attached hydrogens (tertiary/aromatic N) is 2. The molecule has 3 nitrogen and oxygen atoms in total. The molecular weight excluding hydrogens is 229 g/mol. The van der Waals surface area contributed by atoms with Crippen LogP contribution in [0.4, 0.5) is 4.39 Å². The van der Waals surface area contributed by atoms with Crippen LogP contribution in [0.1, 0.15) is 17.3 Å². The quantitative estimate of drug-likeness (QED) is 0.872. The molecule has 0 aliphatic carbocycles. The molecule has 1 unspecified atom stereocenters. The number of nitrogens with two attached hydrogens (primary N) is 1. The summed E-state index contributed by atoms with van der Waals surface area (Å²) in [4.78, 5) is 8.00. The van der Waals surface area contributed by atoms with Crippen LogP contribution in [0, 0.1) is 5.82 Å². The number of hydrogen-bond donors (Lipinski definition) is 1. The lowest BCUT2D eigenvalue weighted by atomic mass is 10.1. The van der Waals surface area contributed by atoms with Crippen LogP contribution in [0.5, 0.6) is 0 Å². The van der Waals surface area contributed by atoms with Gasteiger partial charge in [0.15, 0.2) is 0 Å². The summed E-state index contributed by atoms with van der Waals surface area (Å²) in [6.45, 7) is 0. The van der Waals surface area contributed by atoms with Crippen molar-refractivity contribution >= 4 is 11.6 Å². The van der Waals surface area contributed by atoms with Crippen LogP contribution in [-0.2, 0) is 0 Å². The molecule has 1 heterocycles. The summed E-state index contributed by atoms with van der Waals surface area (Å²) in [5.41, 5.74) is 7.18. The summed E-state index contributed by atoms with van der Waals surface area (Å²) >= 11 is 5.91. The number of aromatic nitrogens is 2. The van der Waals surface area contributed by atoms with Crippen molar-refractivity contribution in [2.45, 2.75) is 6.04 Å². The lowest BCUT2D eigenvalue weighted by molar-refractivity contribution is 0.626. The second kappa shape index (κ2) is 4.55. The molecule has 0 radical (unpaired) electrons. The van der Waals surface area contributed by atoms with E-state index in [-0.39, 0.29) is 10.8 Å². The molecule has 2 N–H and O–H groups in total. The van der Waals surface area contributed by atoms with Gasteiger partial charge in [-0.15, -0.1) is 0 Å². The third-order valence-corrected chi connectivity index (χ3v) is 2.53. The van der Waals surface area contributed by atoms with Crippen molar-refractivity contribution in [3.63, 3.8) is 0 Å². The maximum absolute atomic E-state index is 12.9. The van der Waals surface area contributed by atoms with Crippen molar-refractivity contribution in [3.05, 3.63) is 58.9 Å². The van der Waals surface area contributed by atoms with E-state index in [2.05, 4.69) is 9.97 Å². The maximum atomic E-state index is 12.9. The highest BCUT2D eigenvalue weighted by atomic mass is 35.5. The van der Waals surface area contributed by atoms with Crippen molar-refractivity contribution in [3.8, 4) is 0 Å². The van der Waals surface area contributed by atoms with Gasteiger partial charge in [0.05, 0.1) is 17.9 Å². The second-order valence-corrected chi connectivity index (χ2v) is 3.68. The normalized spacial score (nSPS) is 12.4. The summed E-state index contributed by atoms with van der Waals surface area (Å²) in [7, 11) is 0. The molecule has 0 spiro atoms. The van der Waals surface area contributed by atoms with Gasteiger partial charge in [-0.05, 0) is 17.7 Å². The van der Waals surface area contributed by atoms with Gasteiger partial charge in [-0.3, -0.25) is 9.97 Å². The van der Waals surface area contributed by atoms with Crippen LogP contribution in [0.3, 0.4) is 0 Å². The van der Waals surface area contributed by atoms with Crippen molar-refractivity contribution in [1.29, 1.82) is 0 Å². The van der Waals surface area contributed by atoms with E-state index in [1.807, 2.05) is 0 Å². The standard InChI is InChI=1S/C11H9ClFN3/c12-9-5-7(13)1-2-8(9)11(14)10-6-15-3-4-16-10/h1-6,11H,14H2. The van der Waals surface area contributed by atoms with Crippen LogP contribution >= 0.6 is 11.6 Å². The summed E-state index contributed by atoms with van der Waals surface area (Å²) in [5.74, 6) is -0.389. The van der Waals surface area contributed by atoms with Gasteiger partial charge in [-0.2, -0.15) is 0 Å². The number of benzene rings is 1. The Kier molecular flexibility index (Phi) is 3.12. The molecule has 1 atom stereocenters. The van der Waals surface area contributed by atoms with Gasteiger partial charge in [0.25, 0.3) is 0 Å². The SMILES string of the molecule is NC(c1cnccn1)c1ccc(F)cc1Cl. The third kappa shape index (κ3) is 2.18. The molecule has 0 saturated heterocycles. The first-order chi connectivity index (χ1) is 7.68. The van der Waals surface area contributed by atoms with E-state index in [1.54, 1.807) is 24.7 Å². The molecule has 1 aromatic carbocycles. The van der Waals surface area contributed by atoms with E-state index in [4.69, 9.17) is 17.3 Å². The molecule has 0 bridgehead atoms. The van der Waals surface area contributed by atoms with Gasteiger partial charge >= 0.3 is 0 Å². The Balaban J connectivity index is 2.38. The minimum atomic E-state index is -0.498. The maximum Gasteiger partial charge on any atom is 0.124 e. The predicted molar refractivity (Wildman–Crippen MR) is 59.5 cm³/mol. The second-order valence-electron chi connectivity index (χ2n) is 3.27. The Labute approximate surface area is 97.1 Å². The van der Waals surface area contributed by atoms with Gasteiger partial charge in [0.1, 0.15) is 5.82 Å². The highest BCUT2D eigenvalue weighted by molar-refractivity contribution is 6.31. The first-order valence-electron chi connectivity index (χ1n) is 4.65. The highest BCUT2D eigenvalue weighted by Gasteiger charge is 2.14. The molecule has 1 aromatic heterocycles. The fraction of sp³-hybridized carbons (Fsp3) is 0.0909. The summed E-state index contributed by atoms with van der Waals surface area (Å²) in [5, 5.41) is 0.290. The monoisotopic (exact) mass is 237 g/mol. The number of rotatable bonds is 2. The van der Waals surface area contributed by atoms with Gasteiger partial charge in [0.2, 0.25) is 0 Å². The molecule has 2 aromatic rings. The number of halogens is 2. The Hall–Kier alpha value is -1.52. The van der Waals surface area contributed by atoms with Crippen LogP contribution < -0.4 is 5.73 Å².